The molecule has 1 aromatic carbocycles. The van der Waals surface area contributed by atoms with Crippen LogP contribution in [0.4, 0.5) is 11.5 Å². The molecule has 0 unspecified atom stereocenters. The number of carbonyl (C=O) groups excluding carboxylic acids is 1. The summed E-state index contributed by atoms with van der Waals surface area (Å²) in [6, 6.07) is 5.59. The van der Waals surface area contributed by atoms with Gasteiger partial charge >= 0.3 is 5.97 Å². The van der Waals surface area contributed by atoms with Crippen LogP contribution in [0.1, 0.15) is 29.8 Å². The minimum atomic E-state index is -1.17. The Bertz CT molecular complexity index is 1190. The lowest BCUT2D eigenvalue weighted by Crippen LogP contribution is -2.35. The third-order valence-corrected chi connectivity index (χ3v) is 5.37. The van der Waals surface area contributed by atoms with E-state index < -0.39 is 11.5 Å². The number of hydrogen-bond acceptors (Lipinski definition) is 7. The Morgan fingerprint density at radius 3 is 2.77 bits per heavy atom. The predicted molar refractivity (Wildman–Crippen MR) is 113 cm³/mol. The van der Waals surface area contributed by atoms with E-state index in [4.69, 9.17) is 10.5 Å². The van der Waals surface area contributed by atoms with Crippen LogP contribution in [-0.4, -0.2) is 49.9 Å². The average molecular weight is 422 g/mol. The van der Waals surface area contributed by atoms with Crippen LogP contribution in [0.15, 0.2) is 36.9 Å². The topological polar surface area (TPSA) is 136 Å². The highest BCUT2D eigenvalue weighted by atomic mass is 16.5. The van der Waals surface area contributed by atoms with Gasteiger partial charge in [0.05, 0.1) is 12.7 Å². The normalized spacial score (nSPS) is 14.0. The molecular formula is C21H22N6O4. The number of carbonyl (C=O) groups is 2. The lowest BCUT2D eigenvalue weighted by atomic mass is 10.0. The second-order valence-electron chi connectivity index (χ2n) is 7.78. The second-order valence-corrected chi connectivity index (χ2v) is 7.78. The minimum absolute atomic E-state index is 0.0729. The van der Waals surface area contributed by atoms with Crippen LogP contribution in [0, 0.1) is 6.92 Å². The summed E-state index contributed by atoms with van der Waals surface area (Å²) < 4.78 is 7.00. The molecule has 1 aliphatic heterocycles. The summed E-state index contributed by atoms with van der Waals surface area (Å²) in [6.07, 6.45) is 4.60. The molecule has 1 aliphatic rings. The summed E-state index contributed by atoms with van der Waals surface area (Å²) in [5.74, 6) is -1.04. The van der Waals surface area contributed by atoms with E-state index in [1.165, 1.54) is 11.0 Å². The number of fused-ring (bicyclic) bond motifs is 1. The fourth-order valence-electron chi connectivity index (χ4n) is 3.41. The summed E-state index contributed by atoms with van der Waals surface area (Å²) in [5, 5.41) is 13.6. The number of ether oxygens (including phenoxy) is 1. The number of nitrogens with two attached hydrogens (primary N) is 1. The molecule has 4 rings (SSSR count). The van der Waals surface area contributed by atoms with Crippen molar-refractivity contribution in [2.75, 3.05) is 23.8 Å². The number of anilines is 2. The molecule has 3 aromatic rings. The highest BCUT2D eigenvalue weighted by Gasteiger charge is 2.31. The first-order valence-corrected chi connectivity index (χ1v) is 9.65. The zero-order valence-electron chi connectivity index (χ0n) is 17.4. The van der Waals surface area contributed by atoms with Gasteiger partial charge in [0, 0.05) is 17.4 Å². The van der Waals surface area contributed by atoms with Crippen LogP contribution in [0.5, 0.6) is 5.88 Å². The Morgan fingerprint density at radius 1 is 1.29 bits per heavy atom. The van der Waals surface area contributed by atoms with Crippen LogP contribution in [0.2, 0.25) is 0 Å². The Morgan fingerprint density at radius 2 is 2.06 bits per heavy atom. The lowest BCUT2D eigenvalue weighted by Gasteiger charge is -2.21. The molecule has 0 fully saturated rings. The van der Waals surface area contributed by atoms with Crippen LogP contribution in [-0.2, 0) is 10.3 Å². The van der Waals surface area contributed by atoms with E-state index in [0.717, 1.165) is 16.7 Å². The number of amides is 1. The van der Waals surface area contributed by atoms with Crippen molar-refractivity contribution in [2.45, 2.75) is 26.3 Å². The monoisotopic (exact) mass is 422 g/mol. The molecule has 10 nitrogen and oxygen atoms in total. The number of carboxylic acids is 1. The fourth-order valence-corrected chi connectivity index (χ4v) is 3.41. The zero-order valence-corrected chi connectivity index (χ0v) is 17.4. The number of carboxylic acid groups (broad SMARTS) is 1. The fraction of sp³-hybridized carbons (Fsp3) is 0.286. The van der Waals surface area contributed by atoms with Crippen molar-refractivity contribution in [1.29, 1.82) is 0 Å². The van der Waals surface area contributed by atoms with E-state index in [9.17, 15) is 14.7 Å². The molecule has 0 aliphatic carbocycles. The molecule has 0 atom stereocenters. The van der Waals surface area contributed by atoms with E-state index in [1.54, 1.807) is 31.1 Å². The van der Waals surface area contributed by atoms with Gasteiger partial charge in [0.15, 0.2) is 5.54 Å². The molecule has 0 saturated heterocycles. The average Bonchev–Trinajstić information content (AvgIpc) is 3.14. The van der Waals surface area contributed by atoms with Crippen molar-refractivity contribution in [3.8, 4) is 17.0 Å². The van der Waals surface area contributed by atoms with Gasteiger partial charge in [-0.1, -0.05) is 6.07 Å². The molecule has 0 radical (unpaired) electrons. The zero-order chi connectivity index (χ0) is 22.3. The van der Waals surface area contributed by atoms with E-state index >= 15 is 0 Å². The van der Waals surface area contributed by atoms with Crippen molar-refractivity contribution in [3.05, 3.63) is 48.0 Å². The van der Waals surface area contributed by atoms with Gasteiger partial charge in [-0.3, -0.25) is 9.48 Å². The first-order valence-electron chi connectivity index (χ1n) is 9.65. The largest absolute Gasteiger partial charge is 0.479 e. The van der Waals surface area contributed by atoms with Crippen molar-refractivity contribution < 1.29 is 19.4 Å². The molecule has 1 amide bonds. The molecule has 10 heteroatoms. The SMILES string of the molecule is Cc1cc(N2CCOc3ncnc(N)c3C2=O)ccc1-c1cnn(C(C)(C)C(=O)O)c1. The number of nitrogen functional groups attached to an aromatic ring is 1. The summed E-state index contributed by atoms with van der Waals surface area (Å²) in [7, 11) is 0. The highest BCUT2D eigenvalue weighted by molar-refractivity contribution is 6.10. The molecule has 3 heterocycles. The number of nitrogens with zero attached hydrogens (tertiary/aromatic N) is 5. The molecule has 0 saturated carbocycles. The summed E-state index contributed by atoms with van der Waals surface area (Å²) in [5.41, 5.74) is 8.14. The molecule has 31 heavy (non-hydrogen) atoms. The molecular weight excluding hydrogens is 400 g/mol. The number of aryl methyl sites for hydroxylation is 1. The van der Waals surface area contributed by atoms with E-state index in [0.29, 0.717) is 12.2 Å². The summed E-state index contributed by atoms with van der Waals surface area (Å²) in [6.45, 7) is 5.69. The van der Waals surface area contributed by atoms with E-state index in [2.05, 4.69) is 15.1 Å². The Balaban J connectivity index is 1.67. The molecule has 2 aromatic heterocycles. The number of rotatable bonds is 4. The van der Waals surface area contributed by atoms with Gasteiger partial charge < -0.3 is 20.5 Å². The van der Waals surface area contributed by atoms with Gasteiger partial charge in [0.25, 0.3) is 5.91 Å². The molecule has 3 N–H and O–H groups in total. The predicted octanol–water partition coefficient (Wildman–Crippen LogP) is 2.09. The molecule has 0 bridgehead atoms. The minimum Gasteiger partial charge on any atom is -0.479 e. The molecule has 0 spiro atoms. The maximum Gasteiger partial charge on any atom is 0.331 e. The van der Waals surface area contributed by atoms with Crippen LogP contribution < -0.4 is 15.4 Å². The lowest BCUT2D eigenvalue weighted by molar-refractivity contribution is -0.146. The van der Waals surface area contributed by atoms with E-state index in [1.807, 2.05) is 25.1 Å². The summed E-state index contributed by atoms with van der Waals surface area (Å²) >= 11 is 0. The van der Waals surface area contributed by atoms with E-state index in [-0.39, 0.29) is 29.8 Å². The first-order chi connectivity index (χ1) is 14.7. The van der Waals surface area contributed by atoms with Gasteiger partial charge in [0.1, 0.15) is 24.3 Å². The van der Waals surface area contributed by atoms with Crippen molar-refractivity contribution in [2.24, 2.45) is 0 Å². The Hall–Kier alpha value is -3.95. The number of aromatic nitrogens is 4. The Kier molecular flexibility index (Phi) is 4.84. The number of hydrogen-bond donors (Lipinski definition) is 2. The smallest absolute Gasteiger partial charge is 0.331 e. The third-order valence-electron chi connectivity index (χ3n) is 5.37. The van der Waals surface area contributed by atoms with Crippen LogP contribution in [0.3, 0.4) is 0 Å². The van der Waals surface area contributed by atoms with Gasteiger partial charge in [-0.2, -0.15) is 5.10 Å². The van der Waals surface area contributed by atoms with Gasteiger partial charge in [-0.05, 0) is 44.0 Å². The quantitative estimate of drug-likeness (QED) is 0.652. The maximum atomic E-state index is 13.1. The summed E-state index contributed by atoms with van der Waals surface area (Å²) in [4.78, 5) is 34.1. The van der Waals surface area contributed by atoms with Crippen molar-refractivity contribution in [3.63, 3.8) is 0 Å². The standard InChI is InChI=1S/C21H22N6O4/c1-12-8-14(26-6-7-31-18-16(19(26)28)17(22)23-11-24-18)4-5-15(12)13-9-25-27(10-13)21(2,3)20(29)30/h4-5,8-11H,6-7H2,1-3H3,(H,29,30)(H2,22,23,24). The van der Waals surface area contributed by atoms with Crippen LogP contribution >= 0.6 is 0 Å². The van der Waals surface area contributed by atoms with Crippen molar-refractivity contribution >= 4 is 23.4 Å². The number of aliphatic carboxylic acids is 1. The van der Waals surface area contributed by atoms with Gasteiger partial charge in [0.2, 0.25) is 5.88 Å². The Labute approximate surface area is 178 Å². The van der Waals surface area contributed by atoms with Gasteiger partial charge in [-0.25, -0.2) is 14.8 Å². The third kappa shape index (κ3) is 3.45. The molecule has 160 valence electrons. The van der Waals surface area contributed by atoms with Gasteiger partial charge in [-0.15, -0.1) is 0 Å². The second kappa shape index (κ2) is 7.38. The number of benzene rings is 1. The highest BCUT2D eigenvalue weighted by Crippen LogP contribution is 2.31. The first kappa shape index (κ1) is 20.3. The van der Waals surface area contributed by atoms with Crippen LogP contribution in [0.25, 0.3) is 11.1 Å². The maximum absolute atomic E-state index is 13.1. The van der Waals surface area contributed by atoms with Crippen molar-refractivity contribution in [1.82, 2.24) is 19.7 Å².